The summed E-state index contributed by atoms with van der Waals surface area (Å²) >= 11 is 0. The SMILES string of the molecule is COc1ccc(CCNC(=O)[C@@H](NC(=O)OC(C)C)[C@H](C)Cc2ccc(OC)c(OC)c2)cc1. The number of hydrogen-bond acceptors (Lipinski definition) is 6. The second-order valence-corrected chi connectivity index (χ2v) is 8.34. The lowest BCUT2D eigenvalue weighted by molar-refractivity contribution is -0.124. The van der Waals surface area contributed by atoms with Crippen molar-refractivity contribution in [1.29, 1.82) is 0 Å². The first-order chi connectivity index (χ1) is 16.3. The van der Waals surface area contributed by atoms with E-state index in [1.165, 1.54) is 0 Å². The maximum Gasteiger partial charge on any atom is 0.408 e. The van der Waals surface area contributed by atoms with E-state index in [-0.39, 0.29) is 17.9 Å². The average Bonchev–Trinajstić information content (AvgIpc) is 2.82. The molecule has 0 spiro atoms. The number of carbonyl (C=O) groups excluding carboxylic acids is 2. The van der Waals surface area contributed by atoms with Crippen LogP contribution in [0.15, 0.2) is 42.5 Å². The highest BCUT2D eigenvalue weighted by Crippen LogP contribution is 2.29. The van der Waals surface area contributed by atoms with Crippen molar-refractivity contribution in [3.8, 4) is 17.2 Å². The van der Waals surface area contributed by atoms with Crippen LogP contribution in [0.3, 0.4) is 0 Å². The number of amides is 2. The Kier molecular flexibility index (Phi) is 10.5. The molecule has 2 atom stereocenters. The lowest BCUT2D eigenvalue weighted by Gasteiger charge is -2.25. The zero-order valence-corrected chi connectivity index (χ0v) is 20.8. The summed E-state index contributed by atoms with van der Waals surface area (Å²) in [6.07, 6.45) is 0.284. The number of methoxy groups -OCH3 is 3. The Morgan fingerprint density at radius 3 is 2.09 bits per heavy atom. The molecule has 0 radical (unpaired) electrons. The zero-order chi connectivity index (χ0) is 25.1. The van der Waals surface area contributed by atoms with E-state index in [1.807, 2.05) is 49.4 Å². The van der Waals surface area contributed by atoms with Gasteiger partial charge < -0.3 is 29.6 Å². The third kappa shape index (κ3) is 8.17. The Morgan fingerprint density at radius 2 is 1.50 bits per heavy atom. The molecule has 2 aromatic carbocycles. The highest BCUT2D eigenvalue weighted by Gasteiger charge is 2.28. The van der Waals surface area contributed by atoms with Gasteiger partial charge in [0.15, 0.2) is 11.5 Å². The molecule has 2 aromatic rings. The van der Waals surface area contributed by atoms with Gasteiger partial charge in [0.1, 0.15) is 11.8 Å². The van der Waals surface area contributed by atoms with E-state index < -0.39 is 12.1 Å². The van der Waals surface area contributed by atoms with Crippen molar-refractivity contribution in [2.24, 2.45) is 5.92 Å². The van der Waals surface area contributed by atoms with Crippen molar-refractivity contribution in [3.05, 3.63) is 53.6 Å². The molecular formula is C26H36N2O6. The van der Waals surface area contributed by atoms with Gasteiger partial charge in [-0.2, -0.15) is 0 Å². The molecule has 2 rings (SSSR count). The highest BCUT2D eigenvalue weighted by atomic mass is 16.6. The highest BCUT2D eigenvalue weighted by molar-refractivity contribution is 5.86. The van der Waals surface area contributed by atoms with Gasteiger partial charge in [0.2, 0.25) is 5.91 Å². The summed E-state index contributed by atoms with van der Waals surface area (Å²) in [4.78, 5) is 25.4. The molecule has 0 bridgehead atoms. The van der Waals surface area contributed by atoms with E-state index in [2.05, 4.69) is 10.6 Å². The Bertz CT molecular complexity index is 929. The molecule has 0 saturated heterocycles. The van der Waals surface area contributed by atoms with Crippen LogP contribution in [0.2, 0.25) is 0 Å². The number of carbonyl (C=O) groups is 2. The van der Waals surface area contributed by atoms with E-state index in [0.717, 1.165) is 16.9 Å². The molecule has 0 fully saturated rings. The largest absolute Gasteiger partial charge is 0.497 e. The van der Waals surface area contributed by atoms with E-state index >= 15 is 0 Å². The van der Waals surface area contributed by atoms with Crippen molar-refractivity contribution in [3.63, 3.8) is 0 Å². The topological polar surface area (TPSA) is 95.1 Å². The molecule has 0 aromatic heterocycles. The fourth-order valence-electron chi connectivity index (χ4n) is 3.57. The summed E-state index contributed by atoms with van der Waals surface area (Å²) < 4.78 is 21.1. The second kappa shape index (κ2) is 13.3. The fraction of sp³-hybridized carbons (Fsp3) is 0.462. The van der Waals surface area contributed by atoms with Crippen LogP contribution in [0.5, 0.6) is 17.2 Å². The van der Waals surface area contributed by atoms with Crippen molar-refractivity contribution in [2.75, 3.05) is 27.9 Å². The van der Waals surface area contributed by atoms with Crippen LogP contribution in [0.1, 0.15) is 31.9 Å². The van der Waals surface area contributed by atoms with E-state index in [4.69, 9.17) is 18.9 Å². The number of nitrogens with one attached hydrogen (secondary N) is 2. The quantitative estimate of drug-likeness (QED) is 0.489. The number of rotatable bonds is 12. The lowest BCUT2D eigenvalue weighted by atomic mass is 9.93. The van der Waals surface area contributed by atoms with Gasteiger partial charge in [-0.3, -0.25) is 4.79 Å². The molecule has 0 heterocycles. The van der Waals surface area contributed by atoms with Gasteiger partial charge in [-0.25, -0.2) is 4.79 Å². The lowest BCUT2D eigenvalue weighted by Crippen LogP contribution is -2.51. The molecule has 0 saturated carbocycles. The molecule has 0 unspecified atom stereocenters. The van der Waals surface area contributed by atoms with Gasteiger partial charge in [-0.15, -0.1) is 0 Å². The number of hydrogen-bond donors (Lipinski definition) is 2. The molecule has 0 aliphatic carbocycles. The van der Waals surface area contributed by atoms with Crippen LogP contribution in [0.25, 0.3) is 0 Å². The summed E-state index contributed by atoms with van der Waals surface area (Å²) in [6.45, 7) is 5.87. The summed E-state index contributed by atoms with van der Waals surface area (Å²) in [5.74, 6) is 1.55. The molecule has 0 aliphatic rings. The zero-order valence-electron chi connectivity index (χ0n) is 20.8. The normalized spacial score (nSPS) is 12.4. The van der Waals surface area contributed by atoms with Gasteiger partial charge in [0.05, 0.1) is 27.4 Å². The first kappa shape index (κ1) is 26.8. The first-order valence-electron chi connectivity index (χ1n) is 11.4. The number of benzene rings is 2. The molecule has 186 valence electrons. The minimum absolute atomic E-state index is 0.209. The van der Waals surface area contributed by atoms with Crippen LogP contribution < -0.4 is 24.8 Å². The Labute approximate surface area is 201 Å². The Balaban J connectivity index is 2.07. The van der Waals surface area contributed by atoms with Crippen LogP contribution in [0, 0.1) is 5.92 Å². The van der Waals surface area contributed by atoms with E-state index in [1.54, 1.807) is 35.2 Å². The summed E-state index contributed by atoms with van der Waals surface area (Å²) in [5.41, 5.74) is 2.03. The van der Waals surface area contributed by atoms with Crippen LogP contribution in [-0.2, 0) is 22.4 Å². The van der Waals surface area contributed by atoms with Gasteiger partial charge in [-0.1, -0.05) is 25.1 Å². The van der Waals surface area contributed by atoms with E-state index in [9.17, 15) is 9.59 Å². The second-order valence-electron chi connectivity index (χ2n) is 8.34. The first-order valence-corrected chi connectivity index (χ1v) is 11.4. The molecule has 8 heteroatoms. The van der Waals surface area contributed by atoms with Gasteiger partial charge in [0.25, 0.3) is 0 Å². The molecular weight excluding hydrogens is 436 g/mol. The average molecular weight is 473 g/mol. The smallest absolute Gasteiger partial charge is 0.408 e. The van der Waals surface area contributed by atoms with Crippen LogP contribution in [-0.4, -0.2) is 52.0 Å². The third-order valence-electron chi connectivity index (χ3n) is 5.35. The maximum atomic E-state index is 13.1. The minimum atomic E-state index is -0.768. The maximum absolute atomic E-state index is 13.1. The van der Waals surface area contributed by atoms with Crippen molar-refractivity contribution in [1.82, 2.24) is 10.6 Å². The number of alkyl carbamates (subject to hydrolysis) is 1. The summed E-state index contributed by atoms with van der Waals surface area (Å²) in [5, 5.41) is 5.68. The van der Waals surface area contributed by atoms with E-state index in [0.29, 0.717) is 30.9 Å². The van der Waals surface area contributed by atoms with Gasteiger partial charge in [-0.05, 0) is 68.0 Å². The fourth-order valence-corrected chi connectivity index (χ4v) is 3.57. The van der Waals surface area contributed by atoms with Crippen molar-refractivity contribution >= 4 is 12.0 Å². The third-order valence-corrected chi connectivity index (χ3v) is 5.35. The minimum Gasteiger partial charge on any atom is -0.497 e. The van der Waals surface area contributed by atoms with Crippen molar-refractivity contribution < 1.29 is 28.5 Å². The molecule has 34 heavy (non-hydrogen) atoms. The number of ether oxygens (including phenoxy) is 4. The van der Waals surface area contributed by atoms with Crippen LogP contribution in [0.4, 0.5) is 4.79 Å². The monoisotopic (exact) mass is 472 g/mol. The van der Waals surface area contributed by atoms with Gasteiger partial charge >= 0.3 is 6.09 Å². The molecule has 8 nitrogen and oxygen atoms in total. The molecule has 2 amide bonds. The Morgan fingerprint density at radius 1 is 0.853 bits per heavy atom. The van der Waals surface area contributed by atoms with Gasteiger partial charge in [0, 0.05) is 6.54 Å². The predicted molar refractivity (Wildman–Crippen MR) is 131 cm³/mol. The standard InChI is InChI=1S/C26H36N2O6/c1-17(2)34-26(30)28-24(18(3)15-20-9-12-22(32-5)23(16-20)33-6)25(29)27-14-13-19-7-10-21(31-4)11-8-19/h7-12,16-18,24H,13-15H2,1-6H3,(H,27,29)(H,28,30)/t18-,24+/m1/s1. The molecule has 2 N–H and O–H groups in total. The predicted octanol–water partition coefficient (Wildman–Crippen LogP) is 3.75. The molecule has 0 aliphatic heterocycles. The Hall–Kier alpha value is -3.42. The van der Waals surface area contributed by atoms with Crippen LogP contribution >= 0.6 is 0 Å². The summed E-state index contributed by atoms with van der Waals surface area (Å²) in [6, 6.07) is 12.5. The van der Waals surface area contributed by atoms with Crippen molar-refractivity contribution in [2.45, 2.75) is 45.8 Å². The summed E-state index contributed by atoms with van der Waals surface area (Å²) in [7, 11) is 4.78.